The second kappa shape index (κ2) is 6.58. The van der Waals surface area contributed by atoms with Crippen LogP contribution in [0.15, 0.2) is 28.8 Å². The molecule has 4 nitrogen and oxygen atoms in total. The van der Waals surface area contributed by atoms with Crippen molar-refractivity contribution in [1.82, 2.24) is 15.0 Å². The zero-order chi connectivity index (χ0) is 14.7. The van der Waals surface area contributed by atoms with E-state index >= 15 is 0 Å². The highest BCUT2D eigenvalue weighted by Gasteiger charge is 2.22. The molecular formula is C16H20ClN3O. The molecule has 0 unspecified atom stereocenters. The molecule has 0 radical (unpaired) electrons. The van der Waals surface area contributed by atoms with Gasteiger partial charge in [-0.15, -0.1) is 0 Å². The Morgan fingerprint density at radius 1 is 1.29 bits per heavy atom. The van der Waals surface area contributed by atoms with Gasteiger partial charge in [0.1, 0.15) is 0 Å². The van der Waals surface area contributed by atoms with Crippen LogP contribution >= 0.6 is 11.6 Å². The molecule has 0 bridgehead atoms. The highest BCUT2D eigenvalue weighted by atomic mass is 35.5. The third-order valence-electron chi connectivity index (χ3n) is 4.13. The van der Waals surface area contributed by atoms with Crippen molar-refractivity contribution in [3.63, 3.8) is 0 Å². The van der Waals surface area contributed by atoms with E-state index in [0.29, 0.717) is 22.8 Å². The molecule has 1 atom stereocenters. The van der Waals surface area contributed by atoms with Gasteiger partial charge in [0, 0.05) is 16.6 Å². The zero-order valence-electron chi connectivity index (χ0n) is 12.3. The first-order valence-corrected chi connectivity index (χ1v) is 7.96. The molecule has 2 heterocycles. The van der Waals surface area contributed by atoms with Crippen LogP contribution in [0.25, 0.3) is 11.4 Å². The highest BCUT2D eigenvalue weighted by molar-refractivity contribution is 6.30. The van der Waals surface area contributed by atoms with E-state index in [2.05, 4.69) is 22.0 Å². The van der Waals surface area contributed by atoms with Gasteiger partial charge < -0.3 is 4.52 Å². The van der Waals surface area contributed by atoms with E-state index in [1.54, 1.807) is 0 Å². The van der Waals surface area contributed by atoms with E-state index in [4.69, 9.17) is 16.1 Å². The van der Waals surface area contributed by atoms with Gasteiger partial charge in [-0.1, -0.05) is 30.1 Å². The summed E-state index contributed by atoms with van der Waals surface area (Å²) < 4.78 is 5.41. The molecule has 21 heavy (non-hydrogen) atoms. The van der Waals surface area contributed by atoms with Crippen molar-refractivity contribution < 1.29 is 4.52 Å². The van der Waals surface area contributed by atoms with Crippen molar-refractivity contribution in [1.29, 1.82) is 0 Å². The third kappa shape index (κ3) is 3.44. The van der Waals surface area contributed by atoms with Gasteiger partial charge in [0.2, 0.25) is 11.7 Å². The summed E-state index contributed by atoms with van der Waals surface area (Å²) in [4.78, 5) is 6.97. The lowest BCUT2D eigenvalue weighted by Crippen LogP contribution is -2.38. The molecule has 0 saturated carbocycles. The van der Waals surface area contributed by atoms with Crippen molar-refractivity contribution in [3.8, 4) is 11.4 Å². The first-order chi connectivity index (χ1) is 10.3. The number of rotatable bonds is 4. The summed E-state index contributed by atoms with van der Waals surface area (Å²) in [7, 11) is 0. The van der Waals surface area contributed by atoms with E-state index in [0.717, 1.165) is 18.7 Å². The molecule has 5 heteroatoms. The molecule has 1 aromatic carbocycles. The second-order valence-electron chi connectivity index (χ2n) is 5.55. The Kier molecular flexibility index (Phi) is 4.56. The maximum absolute atomic E-state index is 5.89. The van der Waals surface area contributed by atoms with Crippen molar-refractivity contribution in [2.75, 3.05) is 6.54 Å². The lowest BCUT2D eigenvalue weighted by Gasteiger charge is -2.33. The highest BCUT2D eigenvalue weighted by Crippen LogP contribution is 2.23. The van der Waals surface area contributed by atoms with Gasteiger partial charge in [0.05, 0.1) is 6.54 Å². The Morgan fingerprint density at radius 2 is 2.10 bits per heavy atom. The number of aromatic nitrogens is 2. The van der Waals surface area contributed by atoms with Gasteiger partial charge in [-0.3, -0.25) is 4.90 Å². The summed E-state index contributed by atoms with van der Waals surface area (Å²) in [6, 6.07) is 8.14. The number of halogens is 1. The molecule has 0 aliphatic carbocycles. The van der Waals surface area contributed by atoms with Gasteiger partial charge in [-0.2, -0.15) is 4.98 Å². The van der Waals surface area contributed by atoms with Gasteiger partial charge in [0.25, 0.3) is 0 Å². The minimum Gasteiger partial charge on any atom is -0.338 e. The Labute approximate surface area is 130 Å². The summed E-state index contributed by atoms with van der Waals surface area (Å²) in [6.07, 6.45) is 5.04. The molecule has 112 valence electrons. The van der Waals surface area contributed by atoms with Gasteiger partial charge in [0.15, 0.2) is 0 Å². The van der Waals surface area contributed by atoms with Crippen LogP contribution in [-0.4, -0.2) is 27.6 Å². The fourth-order valence-electron chi connectivity index (χ4n) is 2.94. The molecular weight excluding hydrogens is 286 g/mol. The number of hydrogen-bond acceptors (Lipinski definition) is 4. The Balaban J connectivity index is 1.71. The Bertz CT molecular complexity index is 581. The van der Waals surface area contributed by atoms with Gasteiger partial charge in [-0.05, 0) is 50.1 Å². The zero-order valence-corrected chi connectivity index (χ0v) is 13.0. The smallest absolute Gasteiger partial charge is 0.241 e. The minimum absolute atomic E-state index is 0.631. The quantitative estimate of drug-likeness (QED) is 0.851. The first kappa shape index (κ1) is 14.5. The van der Waals surface area contributed by atoms with E-state index in [1.165, 1.54) is 25.7 Å². The summed E-state index contributed by atoms with van der Waals surface area (Å²) >= 11 is 5.89. The summed E-state index contributed by atoms with van der Waals surface area (Å²) in [6.45, 7) is 4.12. The Morgan fingerprint density at radius 3 is 2.86 bits per heavy atom. The lowest BCUT2D eigenvalue weighted by atomic mass is 10.0. The molecule has 0 amide bonds. The van der Waals surface area contributed by atoms with Crippen molar-refractivity contribution in [3.05, 3.63) is 35.2 Å². The predicted molar refractivity (Wildman–Crippen MR) is 83.1 cm³/mol. The van der Waals surface area contributed by atoms with Crippen molar-refractivity contribution in [2.24, 2.45) is 0 Å². The van der Waals surface area contributed by atoms with E-state index in [9.17, 15) is 0 Å². The summed E-state index contributed by atoms with van der Waals surface area (Å²) in [5, 5.41) is 4.79. The number of benzene rings is 1. The predicted octanol–water partition coefficient (Wildman–Crippen LogP) is 4.15. The van der Waals surface area contributed by atoms with Crippen LogP contribution in [0.2, 0.25) is 5.02 Å². The third-order valence-corrected chi connectivity index (χ3v) is 4.38. The first-order valence-electron chi connectivity index (χ1n) is 7.59. The fourth-order valence-corrected chi connectivity index (χ4v) is 3.07. The van der Waals surface area contributed by atoms with Crippen molar-refractivity contribution >= 4 is 11.6 Å². The average molecular weight is 306 g/mol. The minimum atomic E-state index is 0.631. The van der Waals surface area contributed by atoms with E-state index in [1.807, 2.05) is 24.3 Å². The molecule has 1 saturated heterocycles. The molecule has 3 rings (SSSR count). The lowest BCUT2D eigenvalue weighted by molar-refractivity contribution is 0.120. The molecule has 0 N–H and O–H groups in total. The second-order valence-corrected chi connectivity index (χ2v) is 5.98. The maximum Gasteiger partial charge on any atom is 0.241 e. The van der Waals surface area contributed by atoms with Crippen LogP contribution in [0.1, 0.15) is 38.5 Å². The molecule has 2 aromatic rings. The number of hydrogen-bond donors (Lipinski definition) is 0. The standard InChI is InChI=1S/C16H20ClN3O/c1-2-14-5-3-4-10-20(14)11-15-18-16(19-21-15)12-6-8-13(17)9-7-12/h6-9,14H,2-5,10-11H2,1H3/t14-/m1/s1. The van der Waals surface area contributed by atoms with Crippen LogP contribution in [0.5, 0.6) is 0 Å². The number of piperidine rings is 1. The molecule has 1 fully saturated rings. The van der Waals surface area contributed by atoms with Crippen LogP contribution in [0, 0.1) is 0 Å². The normalized spacial score (nSPS) is 19.8. The van der Waals surface area contributed by atoms with Crippen LogP contribution in [-0.2, 0) is 6.54 Å². The summed E-state index contributed by atoms with van der Waals surface area (Å²) in [5.74, 6) is 1.33. The summed E-state index contributed by atoms with van der Waals surface area (Å²) in [5.41, 5.74) is 0.931. The van der Waals surface area contributed by atoms with Crippen LogP contribution in [0.3, 0.4) is 0 Å². The largest absolute Gasteiger partial charge is 0.338 e. The van der Waals surface area contributed by atoms with E-state index in [-0.39, 0.29) is 0 Å². The van der Waals surface area contributed by atoms with Gasteiger partial charge in [-0.25, -0.2) is 0 Å². The molecule has 1 aliphatic rings. The average Bonchev–Trinajstić information content (AvgIpc) is 2.97. The monoisotopic (exact) mass is 305 g/mol. The van der Waals surface area contributed by atoms with Gasteiger partial charge >= 0.3 is 0 Å². The SMILES string of the molecule is CC[C@@H]1CCCCN1Cc1nc(-c2ccc(Cl)cc2)no1. The number of likely N-dealkylation sites (tertiary alicyclic amines) is 1. The fraction of sp³-hybridized carbons (Fsp3) is 0.500. The Hall–Kier alpha value is -1.39. The van der Waals surface area contributed by atoms with Crippen molar-refractivity contribution in [2.45, 2.75) is 45.2 Å². The number of nitrogens with zero attached hydrogens (tertiary/aromatic N) is 3. The van der Waals surface area contributed by atoms with Crippen LogP contribution in [0.4, 0.5) is 0 Å². The topological polar surface area (TPSA) is 42.2 Å². The molecule has 1 aromatic heterocycles. The molecule has 1 aliphatic heterocycles. The molecule has 0 spiro atoms. The van der Waals surface area contributed by atoms with E-state index < -0.39 is 0 Å². The maximum atomic E-state index is 5.89. The van der Waals surface area contributed by atoms with Crippen LogP contribution < -0.4 is 0 Å².